The molecular weight excluding hydrogens is 309 g/mol. The Kier molecular flexibility index (Phi) is 4.55. The second-order valence-corrected chi connectivity index (χ2v) is 5.04. The summed E-state index contributed by atoms with van der Waals surface area (Å²) in [5.41, 5.74) is 1.42. The Morgan fingerprint density at radius 2 is 2.05 bits per heavy atom. The lowest BCUT2D eigenvalue weighted by molar-refractivity contribution is -0.121. The number of hydrogen-bond acceptors (Lipinski definition) is 2. The maximum atomic E-state index is 11.7. The molecule has 1 N–H and O–H groups in total. The minimum absolute atomic E-state index is 0.0979. The van der Waals surface area contributed by atoms with E-state index in [1.54, 1.807) is 16.7 Å². The van der Waals surface area contributed by atoms with Crippen LogP contribution >= 0.6 is 34.8 Å². The number of carbonyl (C=O) groups is 1. The average molecular weight is 321 g/mol. The highest BCUT2D eigenvalue weighted by Crippen LogP contribution is 2.28. The molecule has 0 atom stereocenters. The molecule has 0 radical (unpaired) electrons. The maximum Gasteiger partial charge on any atom is 0.239 e. The molecule has 2 aromatic rings. The van der Waals surface area contributed by atoms with Crippen LogP contribution in [0.25, 0.3) is 11.0 Å². The van der Waals surface area contributed by atoms with E-state index < -0.39 is 0 Å². The lowest BCUT2D eigenvalue weighted by Gasteiger charge is -2.07. The Morgan fingerprint density at radius 3 is 2.68 bits per heavy atom. The topological polar surface area (TPSA) is 46.9 Å². The first-order valence-corrected chi connectivity index (χ1v) is 7.02. The monoisotopic (exact) mass is 319 g/mol. The molecular formula is C12H12Cl3N3O. The fourth-order valence-electron chi connectivity index (χ4n) is 1.85. The summed E-state index contributed by atoms with van der Waals surface area (Å²) in [7, 11) is 0. The molecule has 0 spiro atoms. The predicted octanol–water partition coefficient (Wildman–Crippen LogP) is 3.22. The summed E-state index contributed by atoms with van der Waals surface area (Å²) in [5, 5.41) is 3.59. The summed E-state index contributed by atoms with van der Waals surface area (Å²) >= 11 is 17.8. The van der Waals surface area contributed by atoms with Crippen LogP contribution in [0.2, 0.25) is 10.0 Å². The zero-order valence-corrected chi connectivity index (χ0v) is 12.5. The van der Waals surface area contributed by atoms with Gasteiger partial charge in [0.05, 0.1) is 27.0 Å². The lowest BCUT2D eigenvalue weighted by Crippen LogP contribution is -2.27. The Morgan fingerprint density at radius 1 is 1.37 bits per heavy atom. The van der Waals surface area contributed by atoms with Gasteiger partial charge in [-0.05, 0) is 19.1 Å². The third-order valence-electron chi connectivity index (χ3n) is 2.66. The number of rotatable bonds is 4. The first-order chi connectivity index (χ1) is 9.06. The number of alkyl halides is 1. The van der Waals surface area contributed by atoms with Crippen molar-refractivity contribution < 1.29 is 4.79 Å². The van der Waals surface area contributed by atoms with Crippen molar-refractivity contribution >= 4 is 51.7 Å². The van der Waals surface area contributed by atoms with Gasteiger partial charge in [0.2, 0.25) is 5.91 Å². The van der Waals surface area contributed by atoms with Crippen LogP contribution in [0.1, 0.15) is 12.7 Å². The van der Waals surface area contributed by atoms with Crippen molar-refractivity contribution in [3.63, 3.8) is 0 Å². The van der Waals surface area contributed by atoms with Gasteiger partial charge in [-0.2, -0.15) is 0 Å². The quantitative estimate of drug-likeness (QED) is 0.879. The number of imidazole rings is 1. The van der Waals surface area contributed by atoms with Crippen LogP contribution in [-0.4, -0.2) is 22.0 Å². The van der Waals surface area contributed by atoms with Crippen LogP contribution in [-0.2, 0) is 17.2 Å². The van der Waals surface area contributed by atoms with E-state index in [9.17, 15) is 4.79 Å². The van der Waals surface area contributed by atoms with Gasteiger partial charge in [0.25, 0.3) is 0 Å². The van der Waals surface area contributed by atoms with E-state index >= 15 is 0 Å². The third-order valence-corrected chi connectivity index (χ3v) is 3.63. The van der Waals surface area contributed by atoms with E-state index in [0.29, 0.717) is 27.9 Å². The number of carbonyl (C=O) groups excluding carboxylic acids is 1. The number of hydrogen-bond donors (Lipinski definition) is 1. The average Bonchev–Trinajstić information content (AvgIpc) is 2.68. The molecule has 0 fully saturated rings. The molecule has 2 rings (SSSR count). The Labute approximate surface area is 125 Å². The molecule has 19 heavy (non-hydrogen) atoms. The van der Waals surface area contributed by atoms with Crippen LogP contribution in [0.5, 0.6) is 0 Å². The Balaban J connectivity index is 2.50. The largest absolute Gasteiger partial charge is 0.355 e. The van der Waals surface area contributed by atoms with Crippen molar-refractivity contribution in [3.05, 3.63) is 28.0 Å². The summed E-state index contributed by atoms with van der Waals surface area (Å²) < 4.78 is 1.75. The highest BCUT2D eigenvalue weighted by atomic mass is 35.5. The number of halogens is 3. The van der Waals surface area contributed by atoms with Gasteiger partial charge >= 0.3 is 0 Å². The van der Waals surface area contributed by atoms with Gasteiger partial charge in [0, 0.05) is 6.54 Å². The molecule has 1 aromatic carbocycles. The second kappa shape index (κ2) is 5.99. The fraction of sp³-hybridized carbons (Fsp3) is 0.333. The van der Waals surface area contributed by atoms with Crippen molar-refractivity contribution in [2.75, 3.05) is 6.54 Å². The van der Waals surface area contributed by atoms with Crippen LogP contribution in [0.3, 0.4) is 0 Å². The number of amides is 1. The van der Waals surface area contributed by atoms with Gasteiger partial charge < -0.3 is 9.88 Å². The first-order valence-electron chi connectivity index (χ1n) is 5.73. The molecule has 7 heteroatoms. The number of aromatic nitrogens is 2. The van der Waals surface area contributed by atoms with Crippen LogP contribution in [0.4, 0.5) is 0 Å². The van der Waals surface area contributed by atoms with Crippen molar-refractivity contribution in [2.24, 2.45) is 0 Å². The van der Waals surface area contributed by atoms with Gasteiger partial charge in [-0.1, -0.05) is 23.2 Å². The Hall–Kier alpha value is -0.970. The molecule has 0 aliphatic heterocycles. The zero-order valence-electron chi connectivity index (χ0n) is 10.2. The predicted molar refractivity (Wildman–Crippen MR) is 78.0 cm³/mol. The maximum absolute atomic E-state index is 11.7. The van der Waals surface area contributed by atoms with E-state index in [1.807, 2.05) is 6.92 Å². The molecule has 0 unspecified atom stereocenters. The summed E-state index contributed by atoms with van der Waals surface area (Å²) in [6.45, 7) is 2.60. The van der Waals surface area contributed by atoms with E-state index in [2.05, 4.69) is 10.3 Å². The van der Waals surface area contributed by atoms with Crippen molar-refractivity contribution in [2.45, 2.75) is 19.3 Å². The van der Waals surface area contributed by atoms with E-state index in [0.717, 1.165) is 5.52 Å². The molecule has 0 bridgehead atoms. The van der Waals surface area contributed by atoms with Gasteiger partial charge in [-0.25, -0.2) is 4.98 Å². The Bertz CT molecular complexity index is 624. The van der Waals surface area contributed by atoms with Gasteiger partial charge in [-0.15, -0.1) is 11.6 Å². The standard InChI is InChI=1S/C12H12Cl3N3O/c1-2-16-12(19)6-18-10-4-8(15)7(14)3-9(10)17-11(18)5-13/h3-4H,2,5-6H2,1H3,(H,16,19). The summed E-state index contributed by atoms with van der Waals surface area (Å²) in [5.74, 6) is 0.726. The molecule has 1 aromatic heterocycles. The van der Waals surface area contributed by atoms with Crippen LogP contribution in [0, 0.1) is 0 Å². The third kappa shape index (κ3) is 2.96. The molecule has 0 saturated carbocycles. The number of nitrogens with zero attached hydrogens (tertiary/aromatic N) is 2. The molecule has 0 aliphatic carbocycles. The number of fused-ring (bicyclic) bond motifs is 1. The van der Waals surface area contributed by atoms with Gasteiger partial charge in [0.1, 0.15) is 12.4 Å². The van der Waals surface area contributed by atoms with Crippen LogP contribution in [0.15, 0.2) is 12.1 Å². The molecule has 4 nitrogen and oxygen atoms in total. The van der Waals surface area contributed by atoms with Gasteiger partial charge in [-0.3, -0.25) is 4.79 Å². The minimum Gasteiger partial charge on any atom is -0.355 e. The fourth-order valence-corrected chi connectivity index (χ4v) is 2.36. The SMILES string of the molecule is CCNC(=O)Cn1c(CCl)nc2cc(Cl)c(Cl)cc21. The molecule has 102 valence electrons. The highest BCUT2D eigenvalue weighted by molar-refractivity contribution is 6.42. The summed E-state index contributed by atoms with van der Waals surface area (Å²) in [4.78, 5) is 16.1. The smallest absolute Gasteiger partial charge is 0.239 e. The van der Waals surface area contributed by atoms with Crippen molar-refractivity contribution in [1.82, 2.24) is 14.9 Å². The molecule has 1 amide bonds. The van der Waals surface area contributed by atoms with E-state index in [1.165, 1.54) is 0 Å². The molecule has 0 aliphatic rings. The van der Waals surface area contributed by atoms with Crippen molar-refractivity contribution in [1.29, 1.82) is 0 Å². The zero-order chi connectivity index (χ0) is 14.0. The molecule has 1 heterocycles. The van der Waals surface area contributed by atoms with Gasteiger partial charge in [0.15, 0.2) is 0 Å². The van der Waals surface area contributed by atoms with E-state index in [4.69, 9.17) is 34.8 Å². The number of benzene rings is 1. The first kappa shape index (κ1) is 14.4. The van der Waals surface area contributed by atoms with Crippen molar-refractivity contribution in [3.8, 4) is 0 Å². The number of likely N-dealkylation sites (N-methyl/N-ethyl adjacent to an activating group) is 1. The normalized spacial score (nSPS) is 10.9. The number of nitrogens with one attached hydrogen (secondary N) is 1. The molecule has 0 saturated heterocycles. The summed E-state index contributed by atoms with van der Waals surface area (Å²) in [6.07, 6.45) is 0. The van der Waals surface area contributed by atoms with E-state index in [-0.39, 0.29) is 18.3 Å². The minimum atomic E-state index is -0.0979. The van der Waals surface area contributed by atoms with Crippen LogP contribution < -0.4 is 5.32 Å². The second-order valence-electron chi connectivity index (χ2n) is 3.96. The summed E-state index contributed by atoms with van der Waals surface area (Å²) in [6, 6.07) is 3.37. The highest BCUT2D eigenvalue weighted by Gasteiger charge is 2.14. The lowest BCUT2D eigenvalue weighted by atomic mass is 10.3.